The van der Waals surface area contributed by atoms with E-state index in [2.05, 4.69) is 0 Å². The molecule has 23 heavy (non-hydrogen) atoms. The molecule has 0 saturated carbocycles. The average molecular weight is 326 g/mol. The summed E-state index contributed by atoms with van der Waals surface area (Å²) in [5, 5.41) is 11.1. The van der Waals surface area contributed by atoms with Crippen molar-refractivity contribution in [2.75, 3.05) is 0 Å². The standard InChI is InChI=1S/C16H23FN2O4/c1-15(2,3)18(14(20)23-16(4,5)6)10-11-9-12(17)7-8-13(11)19(21)22/h7-9H,10H2,1-6H3. The van der Waals surface area contributed by atoms with E-state index >= 15 is 0 Å². The van der Waals surface area contributed by atoms with Crippen LogP contribution in [0.25, 0.3) is 0 Å². The molecule has 0 saturated heterocycles. The predicted molar refractivity (Wildman–Crippen MR) is 84.6 cm³/mol. The topological polar surface area (TPSA) is 72.7 Å². The molecule has 0 fully saturated rings. The lowest BCUT2D eigenvalue weighted by molar-refractivity contribution is -0.385. The van der Waals surface area contributed by atoms with E-state index in [1.165, 1.54) is 4.90 Å². The summed E-state index contributed by atoms with van der Waals surface area (Å²) >= 11 is 0. The highest BCUT2D eigenvalue weighted by atomic mass is 19.1. The highest BCUT2D eigenvalue weighted by Crippen LogP contribution is 2.26. The van der Waals surface area contributed by atoms with Crippen molar-refractivity contribution in [3.63, 3.8) is 0 Å². The van der Waals surface area contributed by atoms with Gasteiger partial charge in [-0.25, -0.2) is 9.18 Å². The molecule has 0 radical (unpaired) electrons. The Hall–Kier alpha value is -2.18. The number of carbonyl (C=O) groups is 1. The van der Waals surface area contributed by atoms with Gasteiger partial charge in [0.15, 0.2) is 0 Å². The van der Waals surface area contributed by atoms with Crippen molar-refractivity contribution >= 4 is 11.8 Å². The minimum Gasteiger partial charge on any atom is -0.444 e. The number of benzene rings is 1. The molecule has 1 amide bonds. The van der Waals surface area contributed by atoms with E-state index in [1.807, 2.05) is 0 Å². The second-order valence-electron chi connectivity index (χ2n) is 7.27. The highest BCUT2D eigenvalue weighted by molar-refractivity contribution is 5.69. The van der Waals surface area contributed by atoms with Crippen LogP contribution < -0.4 is 0 Å². The normalized spacial score (nSPS) is 12.0. The minimum atomic E-state index is -0.700. The van der Waals surface area contributed by atoms with Crippen molar-refractivity contribution in [1.82, 2.24) is 4.90 Å². The first kappa shape index (κ1) is 18.9. The van der Waals surface area contributed by atoms with Crippen LogP contribution in [-0.2, 0) is 11.3 Å². The van der Waals surface area contributed by atoms with Gasteiger partial charge in [0.1, 0.15) is 11.4 Å². The van der Waals surface area contributed by atoms with Crippen LogP contribution in [0.2, 0.25) is 0 Å². The Morgan fingerprint density at radius 1 is 1.26 bits per heavy atom. The van der Waals surface area contributed by atoms with Gasteiger partial charge >= 0.3 is 6.09 Å². The van der Waals surface area contributed by atoms with Crippen molar-refractivity contribution in [3.8, 4) is 0 Å². The van der Waals surface area contributed by atoms with E-state index in [0.717, 1.165) is 18.2 Å². The number of nitrogens with zero attached hydrogens (tertiary/aromatic N) is 2. The smallest absolute Gasteiger partial charge is 0.411 e. The van der Waals surface area contributed by atoms with Crippen molar-refractivity contribution in [3.05, 3.63) is 39.7 Å². The summed E-state index contributed by atoms with van der Waals surface area (Å²) in [5.74, 6) is -0.594. The van der Waals surface area contributed by atoms with Gasteiger partial charge in [-0.2, -0.15) is 0 Å². The van der Waals surface area contributed by atoms with Crippen molar-refractivity contribution < 1.29 is 18.8 Å². The van der Waals surface area contributed by atoms with Crippen LogP contribution in [0.3, 0.4) is 0 Å². The number of halogens is 1. The Morgan fingerprint density at radius 2 is 1.83 bits per heavy atom. The van der Waals surface area contributed by atoms with Crippen molar-refractivity contribution in [1.29, 1.82) is 0 Å². The third-order valence-corrected chi connectivity index (χ3v) is 2.99. The Bertz CT molecular complexity index is 603. The van der Waals surface area contributed by atoms with Gasteiger partial charge in [0.05, 0.1) is 17.0 Å². The average Bonchev–Trinajstić information content (AvgIpc) is 2.31. The summed E-state index contributed by atoms with van der Waals surface area (Å²) in [5.41, 5.74) is -1.46. The molecule has 0 spiro atoms. The SMILES string of the molecule is CC(C)(C)OC(=O)N(Cc1cc(F)ccc1[N+](=O)[O-])C(C)(C)C. The summed E-state index contributed by atoms with van der Waals surface area (Å²) in [4.78, 5) is 24.3. The Kier molecular flexibility index (Phi) is 5.35. The largest absolute Gasteiger partial charge is 0.444 e. The van der Waals surface area contributed by atoms with Gasteiger partial charge in [-0.05, 0) is 53.7 Å². The van der Waals surface area contributed by atoms with Crippen LogP contribution in [0.1, 0.15) is 47.1 Å². The zero-order chi connectivity index (χ0) is 18.0. The fourth-order valence-corrected chi connectivity index (χ4v) is 1.92. The Labute approximate surface area is 135 Å². The van der Waals surface area contributed by atoms with Crippen LogP contribution in [0, 0.1) is 15.9 Å². The molecule has 0 aromatic heterocycles. The summed E-state index contributed by atoms with van der Waals surface area (Å²) in [6, 6.07) is 3.19. The van der Waals surface area contributed by atoms with Crippen LogP contribution in [0.4, 0.5) is 14.9 Å². The van der Waals surface area contributed by atoms with Gasteiger partial charge in [-0.15, -0.1) is 0 Å². The van der Waals surface area contributed by atoms with Crippen LogP contribution in [0.15, 0.2) is 18.2 Å². The molecule has 0 bridgehead atoms. The number of carbonyl (C=O) groups excluding carboxylic acids is 1. The number of rotatable bonds is 3. The first-order chi connectivity index (χ1) is 10.3. The number of hydrogen-bond donors (Lipinski definition) is 0. The first-order valence-electron chi connectivity index (χ1n) is 7.25. The molecule has 128 valence electrons. The zero-order valence-electron chi connectivity index (χ0n) is 14.3. The van der Waals surface area contributed by atoms with Crippen molar-refractivity contribution in [2.24, 2.45) is 0 Å². The molecule has 0 atom stereocenters. The molecule has 1 aromatic rings. The summed E-state index contributed by atoms with van der Waals surface area (Å²) in [7, 11) is 0. The molecule has 0 aliphatic carbocycles. The fourth-order valence-electron chi connectivity index (χ4n) is 1.92. The van der Waals surface area contributed by atoms with Gasteiger partial charge in [-0.1, -0.05) is 0 Å². The maximum Gasteiger partial charge on any atom is 0.411 e. The molecule has 0 heterocycles. The van der Waals surface area contributed by atoms with E-state index < -0.39 is 28.0 Å². The highest BCUT2D eigenvalue weighted by Gasteiger charge is 2.32. The van der Waals surface area contributed by atoms with E-state index in [4.69, 9.17) is 4.74 Å². The summed E-state index contributed by atoms with van der Waals surface area (Å²) in [6.07, 6.45) is -0.608. The molecule has 6 nitrogen and oxygen atoms in total. The molecule has 1 rings (SSSR count). The van der Waals surface area contributed by atoms with E-state index in [1.54, 1.807) is 41.5 Å². The number of amides is 1. The van der Waals surface area contributed by atoms with Crippen LogP contribution in [0.5, 0.6) is 0 Å². The number of nitro benzene ring substituents is 1. The zero-order valence-corrected chi connectivity index (χ0v) is 14.3. The lowest BCUT2D eigenvalue weighted by Gasteiger charge is -2.36. The lowest BCUT2D eigenvalue weighted by Crippen LogP contribution is -2.47. The number of nitro groups is 1. The van der Waals surface area contributed by atoms with Gasteiger partial charge in [0.2, 0.25) is 0 Å². The fraction of sp³-hybridized carbons (Fsp3) is 0.562. The summed E-state index contributed by atoms with van der Waals surface area (Å²) < 4.78 is 18.8. The maximum atomic E-state index is 13.5. The molecule has 0 unspecified atom stereocenters. The van der Waals surface area contributed by atoms with Crippen molar-refractivity contribution in [2.45, 2.75) is 59.2 Å². The molecular formula is C16H23FN2O4. The van der Waals surface area contributed by atoms with Crippen LogP contribution >= 0.6 is 0 Å². The molecule has 0 aliphatic heterocycles. The van der Waals surface area contributed by atoms with Gasteiger partial charge in [0.25, 0.3) is 5.69 Å². The molecule has 1 aromatic carbocycles. The van der Waals surface area contributed by atoms with Crippen LogP contribution in [-0.4, -0.2) is 27.1 Å². The predicted octanol–water partition coefficient (Wildman–Crippen LogP) is 4.27. The first-order valence-corrected chi connectivity index (χ1v) is 7.25. The third kappa shape index (κ3) is 5.50. The van der Waals surface area contributed by atoms with Gasteiger partial charge in [0, 0.05) is 11.6 Å². The Morgan fingerprint density at radius 3 is 2.26 bits per heavy atom. The molecule has 0 aliphatic rings. The minimum absolute atomic E-state index is 0.119. The number of ether oxygens (including phenoxy) is 1. The molecular weight excluding hydrogens is 303 g/mol. The second kappa shape index (κ2) is 6.52. The van der Waals surface area contributed by atoms with Gasteiger partial charge < -0.3 is 4.74 Å². The third-order valence-electron chi connectivity index (χ3n) is 2.99. The lowest BCUT2D eigenvalue weighted by atomic mass is 10.0. The quantitative estimate of drug-likeness (QED) is 0.614. The monoisotopic (exact) mass is 326 g/mol. The number of hydrogen-bond acceptors (Lipinski definition) is 4. The molecule has 7 heteroatoms. The summed E-state index contributed by atoms with van der Waals surface area (Å²) in [6.45, 7) is 10.4. The van der Waals surface area contributed by atoms with E-state index in [9.17, 15) is 19.3 Å². The van der Waals surface area contributed by atoms with Gasteiger partial charge in [-0.3, -0.25) is 15.0 Å². The van der Waals surface area contributed by atoms with E-state index in [0.29, 0.717) is 0 Å². The molecule has 0 N–H and O–H groups in total. The second-order valence-corrected chi connectivity index (χ2v) is 7.27. The van der Waals surface area contributed by atoms with E-state index in [-0.39, 0.29) is 17.8 Å². The Balaban J connectivity index is 3.20. The maximum absolute atomic E-state index is 13.5.